The summed E-state index contributed by atoms with van der Waals surface area (Å²) in [4.78, 5) is 12.2. The summed E-state index contributed by atoms with van der Waals surface area (Å²) in [5.74, 6) is 1.44. The van der Waals surface area contributed by atoms with Gasteiger partial charge in [0.1, 0.15) is 5.75 Å². The largest absolute Gasteiger partial charge is 0.496 e. The van der Waals surface area contributed by atoms with Crippen molar-refractivity contribution >= 4 is 27.7 Å². The molecule has 0 saturated heterocycles. The monoisotopic (exact) mass is 422 g/mol. The van der Waals surface area contributed by atoms with Gasteiger partial charge in [0.2, 0.25) is 10.0 Å². The van der Waals surface area contributed by atoms with Crippen molar-refractivity contribution in [1.29, 1.82) is 0 Å². The third kappa shape index (κ3) is 5.98. The fraction of sp³-hybridized carbons (Fsp3) is 0.350. The van der Waals surface area contributed by atoms with Gasteiger partial charge in [-0.2, -0.15) is 11.8 Å². The summed E-state index contributed by atoms with van der Waals surface area (Å²) < 4.78 is 32.9. The lowest BCUT2D eigenvalue weighted by Crippen LogP contribution is -2.27. The highest BCUT2D eigenvalue weighted by atomic mass is 32.2. The number of benzene rings is 2. The molecule has 0 aliphatic heterocycles. The molecule has 0 aromatic heterocycles. The fourth-order valence-corrected chi connectivity index (χ4v) is 4.69. The van der Waals surface area contributed by atoms with Crippen molar-refractivity contribution in [3.63, 3.8) is 0 Å². The molecule has 0 unspecified atom stereocenters. The third-order valence-electron chi connectivity index (χ3n) is 4.12. The first-order chi connectivity index (χ1) is 13.4. The molecule has 0 bridgehead atoms. The van der Waals surface area contributed by atoms with Gasteiger partial charge in [0.25, 0.3) is 5.91 Å². The molecule has 0 spiro atoms. The van der Waals surface area contributed by atoms with E-state index in [0.29, 0.717) is 24.6 Å². The predicted molar refractivity (Wildman–Crippen MR) is 114 cm³/mol. The minimum absolute atomic E-state index is 0.0402. The molecule has 152 valence electrons. The van der Waals surface area contributed by atoms with Crippen LogP contribution in [0.15, 0.2) is 47.4 Å². The first kappa shape index (κ1) is 22.3. The average molecular weight is 423 g/mol. The Balaban J connectivity index is 1.97. The Kier molecular flexibility index (Phi) is 8.35. The normalized spacial score (nSPS) is 11.2. The summed E-state index contributed by atoms with van der Waals surface area (Å²) in [5.41, 5.74) is 2.67. The van der Waals surface area contributed by atoms with Gasteiger partial charge >= 0.3 is 0 Å². The minimum atomic E-state index is -3.71. The van der Waals surface area contributed by atoms with Gasteiger partial charge < -0.3 is 10.1 Å². The number of hydrogen-bond donors (Lipinski definition) is 2. The predicted octanol–water partition coefficient (Wildman–Crippen LogP) is 2.97. The molecular weight excluding hydrogens is 396 g/mol. The maximum absolute atomic E-state index is 12.6. The Morgan fingerprint density at radius 3 is 2.61 bits per heavy atom. The summed E-state index contributed by atoms with van der Waals surface area (Å²) in [6, 6.07) is 12.4. The van der Waals surface area contributed by atoms with E-state index in [4.69, 9.17) is 4.74 Å². The van der Waals surface area contributed by atoms with Gasteiger partial charge in [-0.15, -0.1) is 0 Å². The van der Waals surface area contributed by atoms with Crippen LogP contribution in [0.4, 0.5) is 0 Å². The van der Waals surface area contributed by atoms with Gasteiger partial charge in [-0.3, -0.25) is 4.79 Å². The van der Waals surface area contributed by atoms with Gasteiger partial charge in [0.05, 0.1) is 17.6 Å². The van der Waals surface area contributed by atoms with E-state index >= 15 is 0 Å². The van der Waals surface area contributed by atoms with E-state index in [0.717, 1.165) is 5.75 Å². The molecule has 6 nitrogen and oxygen atoms in total. The number of rotatable bonds is 10. The molecule has 8 heteroatoms. The van der Waals surface area contributed by atoms with Crippen molar-refractivity contribution in [2.45, 2.75) is 24.5 Å². The standard InChI is InChI=1S/C20H26N2O4S2/c1-4-21-20(23)18-13-17(9-10-19(18)26-3)28(24,25)22-11-12-27-14-16-8-6-5-7-15(16)2/h5-10,13,22H,4,11-12,14H2,1-3H3,(H,21,23). The van der Waals surface area contributed by atoms with Crippen LogP contribution < -0.4 is 14.8 Å². The highest BCUT2D eigenvalue weighted by Crippen LogP contribution is 2.22. The first-order valence-electron chi connectivity index (χ1n) is 8.97. The summed E-state index contributed by atoms with van der Waals surface area (Å²) >= 11 is 1.67. The quantitative estimate of drug-likeness (QED) is 0.575. The minimum Gasteiger partial charge on any atom is -0.496 e. The molecule has 0 saturated carbocycles. The van der Waals surface area contributed by atoms with Crippen LogP contribution in [-0.4, -0.2) is 40.3 Å². The number of ether oxygens (including phenoxy) is 1. The molecule has 2 rings (SSSR count). The van der Waals surface area contributed by atoms with Crippen molar-refractivity contribution in [2.24, 2.45) is 0 Å². The van der Waals surface area contributed by atoms with Gasteiger partial charge in [-0.05, 0) is 43.2 Å². The second-order valence-electron chi connectivity index (χ2n) is 6.10. The third-order valence-corrected chi connectivity index (χ3v) is 6.59. The zero-order valence-electron chi connectivity index (χ0n) is 16.3. The first-order valence-corrected chi connectivity index (χ1v) is 11.6. The lowest BCUT2D eigenvalue weighted by Gasteiger charge is -2.12. The van der Waals surface area contributed by atoms with E-state index in [2.05, 4.69) is 29.1 Å². The van der Waals surface area contributed by atoms with Crippen LogP contribution in [0.2, 0.25) is 0 Å². The van der Waals surface area contributed by atoms with Crippen molar-refractivity contribution in [3.8, 4) is 5.75 Å². The van der Waals surface area contributed by atoms with Crippen molar-refractivity contribution in [1.82, 2.24) is 10.0 Å². The molecule has 0 aliphatic carbocycles. The molecule has 0 fully saturated rings. The maximum Gasteiger partial charge on any atom is 0.255 e. The molecule has 2 aromatic rings. The van der Waals surface area contributed by atoms with Crippen LogP contribution in [-0.2, 0) is 15.8 Å². The SMILES string of the molecule is CCNC(=O)c1cc(S(=O)(=O)NCCSCc2ccccc2C)ccc1OC. The molecular formula is C20H26N2O4S2. The Labute approximate surface area is 171 Å². The number of carbonyl (C=O) groups is 1. The average Bonchev–Trinajstić information content (AvgIpc) is 2.68. The Bertz CT molecular complexity index is 914. The molecule has 0 aliphatic rings. The molecule has 0 atom stereocenters. The zero-order valence-corrected chi connectivity index (χ0v) is 18.0. The van der Waals surface area contributed by atoms with Gasteiger partial charge in [0, 0.05) is 24.6 Å². The van der Waals surface area contributed by atoms with Gasteiger partial charge in [-0.25, -0.2) is 13.1 Å². The Morgan fingerprint density at radius 1 is 1.18 bits per heavy atom. The van der Waals surface area contributed by atoms with E-state index in [9.17, 15) is 13.2 Å². The van der Waals surface area contributed by atoms with E-state index in [-0.39, 0.29) is 16.4 Å². The second-order valence-corrected chi connectivity index (χ2v) is 8.97. The highest BCUT2D eigenvalue weighted by molar-refractivity contribution is 7.98. The number of hydrogen-bond acceptors (Lipinski definition) is 5. The van der Waals surface area contributed by atoms with Gasteiger partial charge in [-0.1, -0.05) is 24.3 Å². The Morgan fingerprint density at radius 2 is 1.93 bits per heavy atom. The molecule has 1 amide bonds. The molecule has 2 N–H and O–H groups in total. The summed E-state index contributed by atoms with van der Waals surface area (Å²) in [7, 11) is -2.27. The molecule has 0 heterocycles. The number of amides is 1. The van der Waals surface area contributed by atoms with E-state index in [1.807, 2.05) is 12.1 Å². The zero-order chi connectivity index (χ0) is 20.6. The lowest BCUT2D eigenvalue weighted by molar-refractivity contribution is 0.0952. The number of nitrogens with one attached hydrogen (secondary N) is 2. The molecule has 2 aromatic carbocycles. The van der Waals surface area contributed by atoms with Crippen LogP contribution in [0.3, 0.4) is 0 Å². The Hall–Kier alpha value is -2.03. The summed E-state index contributed by atoms with van der Waals surface area (Å²) in [6.45, 7) is 4.60. The van der Waals surface area contributed by atoms with E-state index < -0.39 is 10.0 Å². The van der Waals surface area contributed by atoms with Gasteiger partial charge in [0.15, 0.2) is 0 Å². The van der Waals surface area contributed by atoms with Crippen LogP contribution in [0, 0.1) is 6.92 Å². The van der Waals surface area contributed by atoms with Crippen molar-refractivity contribution in [3.05, 3.63) is 59.2 Å². The number of carbonyl (C=O) groups excluding carboxylic acids is 1. The molecule has 0 radical (unpaired) electrons. The molecule has 28 heavy (non-hydrogen) atoms. The van der Waals surface area contributed by atoms with E-state index in [1.54, 1.807) is 18.7 Å². The van der Waals surface area contributed by atoms with E-state index in [1.165, 1.54) is 36.4 Å². The summed E-state index contributed by atoms with van der Waals surface area (Å²) in [6.07, 6.45) is 0. The number of methoxy groups -OCH3 is 1. The van der Waals surface area contributed by atoms with Crippen LogP contribution >= 0.6 is 11.8 Å². The lowest BCUT2D eigenvalue weighted by atomic mass is 10.1. The van der Waals surface area contributed by atoms with Crippen LogP contribution in [0.25, 0.3) is 0 Å². The number of thioether (sulfide) groups is 1. The summed E-state index contributed by atoms with van der Waals surface area (Å²) in [5, 5.41) is 2.66. The number of sulfonamides is 1. The van der Waals surface area contributed by atoms with Crippen molar-refractivity contribution < 1.29 is 17.9 Å². The number of aryl methyl sites for hydroxylation is 1. The van der Waals surface area contributed by atoms with Crippen LogP contribution in [0.5, 0.6) is 5.75 Å². The van der Waals surface area contributed by atoms with Crippen LogP contribution in [0.1, 0.15) is 28.4 Å². The van der Waals surface area contributed by atoms with Crippen molar-refractivity contribution in [2.75, 3.05) is 26.0 Å². The highest BCUT2D eigenvalue weighted by Gasteiger charge is 2.19. The smallest absolute Gasteiger partial charge is 0.255 e. The fourth-order valence-electron chi connectivity index (χ4n) is 2.57. The second kappa shape index (κ2) is 10.5. The maximum atomic E-state index is 12.6. The topological polar surface area (TPSA) is 84.5 Å².